The van der Waals surface area contributed by atoms with Crippen molar-refractivity contribution in [3.8, 4) is 0 Å². The smallest absolute Gasteiger partial charge is 0.237 e. The monoisotopic (exact) mass is 335 g/mol. The molecule has 2 heterocycles. The van der Waals surface area contributed by atoms with Gasteiger partial charge in [0.2, 0.25) is 5.91 Å². The Morgan fingerprint density at radius 2 is 2.12 bits per heavy atom. The number of hydrogen-bond donors (Lipinski definition) is 2. The average Bonchev–Trinajstić information content (AvgIpc) is 3.28. The molecule has 1 fully saturated rings. The molecule has 25 heavy (non-hydrogen) atoms. The summed E-state index contributed by atoms with van der Waals surface area (Å²) in [6, 6.07) is 16.2. The minimum absolute atomic E-state index is 0.0534. The molecule has 2 atom stereocenters. The van der Waals surface area contributed by atoms with Gasteiger partial charge in [-0.2, -0.15) is 0 Å². The average molecular weight is 335 g/mol. The second kappa shape index (κ2) is 6.64. The fourth-order valence-corrected chi connectivity index (χ4v) is 3.42. The lowest BCUT2D eigenvalue weighted by Gasteiger charge is -2.12. The molecule has 1 aliphatic rings. The molecule has 0 spiro atoms. The van der Waals surface area contributed by atoms with Crippen LogP contribution in [-0.4, -0.2) is 33.5 Å². The van der Waals surface area contributed by atoms with Crippen molar-refractivity contribution in [1.82, 2.24) is 25.6 Å². The lowest BCUT2D eigenvalue weighted by molar-refractivity contribution is -0.122. The minimum Gasteiger partial charge on any atom is -0.351 e. The van der Waals surface area contributed by atoms with Gasteiger partial charge >= 0.3 is 0 Å². The molecule has 0 unspecified atom stereocenters. The van der Waals surface area contributed by atoms with Crippen LogP contribution in [0.15, 0.2) is 48.5 Å². The maximum absolute atomic E-state index is 12.5. The number of amides is 1. The van der Waals surface area contributed by atoms with E-state index in [1.807, 2.05) is 43.4 Å². The third-order valence-electron chi connectivity index (χ3n) is 4.86. The standard InChI is InChI=1S/C19H21N5O/c1-24-18-8-7-13(9-16(18)22-23-24)11-21-19(25)17-10-15(12-20-17)14-5-3-2-4-6-14/h2-9,15,17,20H,10-12H2,1H3,(H,21,25)/t15-,17+/m1/s1. The third kappa shape index (κ3) is 3.25. The number of carbonyl (C=O) groups is 1. The van der Waals surface area contributed by atoms with Gasteiger partial charge in [-0.15, -0.1) is 5.10 Å². The number of nitrogens with zero attached hydrogens (tertiary/aromatic N) is 3. The first-order valence-corrected chi connectivity index (χ1v) is 8.55. The van der Waals surface area contributed by atoms with Gasteiger partial charge in [-0.3, -0.25) is 4.79 Å². The lowest BCUT2D eigenvalue weighted by atomic mass is 9.96. The Morgan fingerprint density at radius 3 is 2.96 bits per heavy atom. The molecule has 0 saturated carbocycles. The molecule has 0 bridgehead atoms. The van der Waals surface area contributed by atoms with Gasteiger partial charge in [-0.1, -0.05) is 41.6 Å². The van der Waals surface area contributed by atoms with Crippen LogP contribution < -0.4 is 10.6 Å². The zero-order valence-electron chi connectivity index (χ0n) is 14.1. The zero-order chi connectivity index (χ0) is 17.2. The summed E-state index contributed by atoms with van der Waals surface area (Å²) in [6.45, 7) is 1.34. The van der Waals surface area contributed by atoms with Crippen LogP contribution in [0.3, 0.4) is 0 Å². The van der Waals surface area contributed by atoms with Gasteiger partial charge < -0.3 is 10.6 Å². The molecule has 1 aliphatic heterocycles. The van der Waals surface area contributed by atoms with Crippen LogP contribution in [0.4, 0.5) is 0 Å². The maximum atomic E-state index is 12.5. The zero-order valence-corrected chi connectivity index (χ0v) is 14.1. The quantitative estimate of drug-likeness (QED) is 0.762. The van der Waals surface area contributed by atoms with Gasteiger partial charge in [0.25, 0.3) is 0 Å². The summed E-state index contributed by atoms with van der Waals surface area (Å²) in [7, 11) is 1.87. The van der Waals surface area contributed by atoms with Crippen molar-refractivity contribution in [3.05, 3.63) is 59.7 Å². The first kappa shape index (κ1) is 15.8. The molecule has 1 aromatic heterocycles. The summed E-state index contributed by atoms with van der Waals surface area (Å²) in [5.74, 6) is 0.450. The Kier molecular flexibility index (Phi) is 4.19. The Bertz CT molecular complexity index is 889. The number of rotatable bonds is 4. The third-order valence-corrected chi connectivity index (χ3v) is 4.86. The predicted octanol–water partition coefficient (Wildman–Crippen LogP) is 1.73. The van der Waals surface area contributed by atoms with Gasteiger partial charge in [0, 0.05) is 20.1 Å². The highest BCUT2D eigenvalue weighted by atomic mass is 16.2. The van der Waals surface area contributed by atoms with Gasteiger partial charge in [-0.25, -0.2) is 4.68 Å². The van der Waals surface area contributed by atoms with Crippen molar-refractivity contribution in [2.75, 3.05) is 6.54 Å². The number of fused-ring (bicyclic) bond motifs is 1. The topological polar surface area (TPSA) is 71.8 Å². The van der Waals surface area contributed by atoms with Crippen molar-refractivity contribution < 1.29 is 4.79 Å². The van der Waals surface area contributed by atoms with Crippen LogP contribution in [0.2, 0.25) is 0 Å². The Labute approximate surface area is 146 Å². The molecule has 1 saturated heterocycles. The van der Waals surface area contributed by atoms with E-state index in [-0.39, 0.29) is 11.9 Å². The molecule has 4 rings (SSSR count). The number of nitrogens with one attached hydrogen (secondary N) is 2. The van der Waals surface area contributed by atoms with E-state index in [0.29, 0.717) is 12.5 Å². The van der Waals surface area contributed by atoms with E-state index < -0.39 is 0 Å². The summed E-state index contributed by atoms with van der Waals surface area (Å²) in [4.78, 5) is 12.5. The number of aryl methyl sites for hydroxylation is 1. The second-order valence-corrected chi connectivity index (χ2v) is 6.56. The highest BCUT2D eigenvalue weighted by Gasteiger charge is 2.29. The van der Waals surface area contributed by atoms with Gasteiger partial charge in [0.15, 0.2) is 0 Å². The van der Waals surface area contributed by atoms with Crippen LogP contribution in [0.5, 0.6) is 0 Å². The number of carbonyl (C=O) groups excluding carboxylic acids is 1. The van der Waals surface area contributed by atoms with E-state index >= 15 is 0 Å². The molecule has 128 valence electrons. The van der Waals surface area contributed by atoms with Crippen LogP contribution in [0.1, 0.15) is 23.5 Å². The minimum atomic E-state index is -0.134. The summed E-state index contributed by atoms with van der Waals surface area (Å²) in [6.07, 6.45) is 0.832. The normalized spacial score (nSPS) is 20.0. The molecule has 3 aromatic rings. The summed E-state index contributed by atoms with van der Waals surface area (Å²) < 4.78 is 1.74. The second-order valence-electron chi connectivity index (χ2n) is 6.56. The predicted molar refractivity (Wildman–Crippen MR) is 95.9 cm³/mol. The summed E-state index contributed by atoms with van der Waals surface area (Å²) in [5.41, 5.74) is 4.15. The maximum Gasteiger partial charge on any atom is 0.237 e. The van der Waals surface area contributed by atoms with Crippen molar-refractivity contribution in [2.45, 2.75) is 24.9 Å². The molecule has 6 nitrogen and oxygen atoms in total. The molecule has 2 N–H and O–H groups in total. The van der Waals surface area contributed by atoms with E-state index in [1.165, 1.54) is 5.56 Å². The van der Waals surface area contributed by atoms with E-state index in [1.54, 1.807) is 4.68 Å². The van der Waals surface area contributed by atoms with Crippen molar-refractivity contribution in [1.29, 1.82) is 0 Å². The Morgan fingerprint density at radius 1 is 1.28 bits per heavy atom. The van der Waals surface area contributed by atoms with Crippen LogP contribution in [-0.2, 0) is 18.4 Å². The first-order chi connectivity index (χ1) is 12.2. The van der Waals surface area contributed by atoms with Crippen LogP contribution in [0, 0.1) is 0 Å². The molecular formula is C19H21N5O. The van der Waals surface area contributed by atoms with Crippen molar-refractivity contribution >= 4 is 16.9 Å². The fourth-order valence-electron chi connectivity index (χ4n) is 3.42. The Hall–Kier alpha value is -2.73. The van der Waals surface area contributed by atoms with Gasteiger partial charge in [0.05, 0.1) is 11.6 Å². The van der Waals surface area contributed by atoms with Crippen LogP contribution in [0.25, 0.3) is 11.0 Å². The summed E-state index contributed by atoms with van der Waals surface area (Å²) >= 11 is 0. The highest BCUT2D eigenvalue weighted by molar-refractivity contribution is 5.82. The first-order valence-electron chi connectivity index (χ1n) is 8.55. The summed E-state index contributed by atoms with van der Waals surface area (Å²) in [5, 5.41) is 14.5. The largest absolute Gasteiger partial charge is 0.351 e. The molecule has 6 heteroatoms. The number of hydrogen-bond acceptors (Lipinski definition) is 4. The lowest BCUT2D eigenvalue weighted by Crippen LogP contribution is -2.39. The van der Waals surface area contributed by atoms with Gasteiger partial charge in [0.1, 0.15) is 5.52 Å². The fraction of sp³-hybridized carbons (Fsp3) is 0.316. The van der Waals surface area contributed by atoms with E-state index in [4.69, 9.17) is 0 Å². The van der Waals surface area contributed by atoms with Crippen molar-refractivity contribution in [3.63, 3.8) is 0 Å². The molecule has 0 aliphatic carbocycles. The van der Waals surface area contributed by atoms with E-state index in [0.717, 1.165) is 29.6 Å². The SMILES string of the molecule is Cn1nnc2cc(CNC(=O)[C@@H]3C[C@@H](c4ccccc4)CN3)ccc21. The number of aromatic nitrogens is 3. The highest BCUT2D eigenvalue weighted by Crippen LogP contribution is 2.25. The van der Waals surface area contributed by atoms with E-state index in [9.17, 15) is 4.79 Å². The molecule has 2 aromatic carbocycles. The number of benzene rings is 2. The Balaban J connectivity index is 1.35. The van der Waals surface area contributed by atoms with E-state index in [2.05, 4.69) is 33.1 Å². The van der Waals surface area contributed by atoms with Gasteiger partial charge in [-0.05, 0) is 35.6 Å². The van der Waals surface area contributed by atoms with Crippen molar-refractivity contribution in [2.24, 2.45) is 7.05 Å². The molecule has 0 radical (unpaired) electrons. The molecule has 1 amide bonds. The van der Waals surface area contributed by atoms with Crippen LogP contribution >= 0.6 is 0 Å². The molecular weight excluding hydrogens is 314 g/mol.